The van der Waals surface area contributed by atoms with Gasteiger partial charge in [-0.3, -0.25) is 20.2 Å². The van der Waals surface area contributed by atoms with Gasteiger partial charge in [0.25, 0.3) is 0 Å². The molecule has 118 valence electrons. The van der Waals surface area contributed by atoms with E-state index in [0.717, 1.165) is 11.1 Å². The van der Waals surface area contributed by atoms with Crippen molar-refractivity contribution < 1.29 is 19.2 Å². The molecular weight excluding hydrogens is 303 g/mol. The molecule has 0 bridgehead atoms. The van der Waals surface area contributed by atoms with E-state index in [1.165, 1.54) is 24.3 Å². The highest BCUT2D eigenvalue weighted by Gasteiger charge is 2.18. The molecule has 0 heterocycles. The van der Waals surface area contributed by atoms with Crippen LogP contribution in [0.2, 0.25) is 0 Å². The van der Waals surface area contributed by atoms with Crippen molar-refractivity contribution in [2.24, 2.45) is 0 Å². The molecule has 23 heavy (non-hydrogen) atoms. The van der Waals surface area contributed by atoms with E-state index >= 15 is 0 Å². The molecule has 2 rings (SSSR count). The molecule has 0 atom stereocenters. The van der Waals surface area contributed by atoms with Gasteiger partial charge in [0.15, 0.2) is 11.5 Å². The van der Waals surface area contributed by atoms with Crippen molar-refractivity contribution in [3.8, 4) is 11.5 Å². The lowest BCUT2D eigenvalue weighted by molar-refractivity contribution is -0.385. The zero-order valence-corrected chi connectivity index (χ0v) is 12.5. The summed E-state index contributed by atoms with van der Waals surface area (Å²) in [5.41, 5.74) is 1.07. The quantitative estimate of drug-likeness (QED) is 0.461. The van der Waals surface area contributed by atoms with Crippen molar-refractivity contribution in [3.63, 3.8) is 0 Å². The normalized spacial score (nSPS) is 10.0. The molecule has 2 aromatic rings. The molecule has 0 amide bonds. The Morgan fingerprint density at radius 1 is 0.826 bits per heavy atom. The molecule has 0 aliphatic carbocycles. The number of hydrogen-bond donors (Lipinski definition) is 0. The molecule has 0 saturated heterocycles. The monoisotopic (exact) mass is 316 g/mol. The highest BCUT2D eigenvalue weighted by atomic mass is 16.6. The molecule has 0 spiro atoms. The third-order valence-electron chi connectivity index (χ3n) is 3.05. The van der Waals surface area contributed by atoms with Crippen LogP contribution >= 0.6 is 0 Å². The number of rotatable bonds is 6. The fourth-order valence-electron chi connectivity index (χ4n) is 1.94. The molecule has 8 nitrogen and oxygen atoms in total. The van der Waals surface area contributed by atoms with Gasteiger partial charge in [-0.2, -0.15) is 0 Å². The van der Waals surface area contributed by atoms with Gasteiger partial charge in [0, 0.05) is 12.1 Å². The SMILES string of the molecule is Cc1ccc(OBOc2ccc(C)cc2[N+](=O)[O-])c([N+](=O)[O-])c1. The van der Waals surface area contributed by atoms with Crippen molar-refractivity contribution in [3.05, 3.63) is 67.8 Å². The van der Waals surface area contributed by atoms with Crippen LogP contribution in [0.1, 0.15) is 11.1 Å². The zero-order valence-electron chi connectivity index (χ0n) is 12.5. The average Bonchev–Trinajstić information content (AvgIpc) is 2.49. The van der Waals surface area contributed by atoms with E-state index in [-0.39, 0.29) is 30.6 Å². The van der Waals surface area contributed by atoms with Crippen LogP contribution in [0.25, 0.3) is 0 Å². The van der Waals surface area contributed by atoms with Crippen LogP contribution in [0.3, 0.4) is 0 Å². The molecule has 0 aromatic heterocycles. The molecule has 0 aliphatic heterocycles. The van der Waals surface area contributed by atoms with E-state index in [0.29, 0.717) is 0 Å². The highest BCUT2D eigenvalue weighted by molar-refractivity contribution is 6.21. The summed E-state index contributed by atoms with van der Waals surface area (Å²) in [6.07, 6.45) is 0. The number of nitro benzene ring substituents is 2. The second kappa shape index (κ2) is 6.78. The number of aryl methyl sites for hydroxylation is 2. The van der Waals surface area contributed by atoms with Crippen LogP contribution in [0, 0.1) is 34.1 Å². The van der Waals surface area contributed by atoms with Crippen LogP contribution in [0.15, 0.2) is 36.4 Å². The smallest absolute Gasteiger partial charge is 0.524 e. The molecule has 0 aliphatic rings. The first kappa shape index (κ1) is 16.3. The average molecular weight is 316 g/mol. The van der Waals surface area contributed by atoms with Gasteiger partial charge in [0.1, 0.15) is 0 Å². The largest absolute Gasteiger partial charge is 0.576 e. The molecule has 0 unspecified atom stereocenters. The maximum atomic E-state index is 11.0. The summed E-state index contributed by atoms with van der Waals surface area (Å²) in [5.74, 6) is 0.0747. The molecule has 0 radical (unpaired) electrons. The van der Waals surface area contributed by atoms with Gasteiger partial charge in [-0.05, 0) is 37.1 Å². The van der Waals surface area contributed by atoms with Crippen LogP contribution in [-0.2, 0) is 0 Å². The molecular formula is C14H13BN2O6. The van der Waals surface area contributed by atoms with Gasteiger partial charge in [-0.25, -0.2) is 0 Å². The van der Waals surface area contributed by atoms with E-state index in [4.69, 9.17) is 9.31 Å². The highest BCUT2D eigenvalue weighted by Crippen LogP contribution is 2.29. The maximum Gasteiger partial charge on any atom is 0.576 e. The number of benzene rings is 2. The summed E-state index contributed by atoms with van der Waals surface area (Å²) < 4.78 is 10.5. The molecule has 0 N–H and O–H groups in total. The number of hydrogen-bond acceptors (Lipinski definition) is 6. The predicted molar refractivity (Wildman–Crippen MR) is 84.1 cm³/mol. The van der Waals surface area contributed by atoms with E-state index in [1.807, 2.05) is 0 Å². The minimum atomic E-state index is -0.559. The van der Waals surface area contributed by atoms with Crippen molar-refractivity contribution in [2.45, 2.75) is 13.8 Å². The first-order valence-corrected chi connectivity index (χ1v) is 6.64. The Balaban J connectivity index is 2.12. The van der Waals surface area contributed by atoms with E-state index < -0.39 is 9.85 Å². The Hall–Kier alpha value is -3.10. The van der Waals surface area contributed by atoms with E-state index in [2.05, 4.69) is 0 Å². The molecule has 0 saturated carbocycles. The summed E-state index contributed by atoms with van der Waals surface area (Å²) >= 11 is 0. The molecule has 2 aromatic carbocycles. The third-order valence-corrected chi connectivity index (χ3v) is 3.05. The van der Waals surface area contributed by atoms with Crippen molar-refractivity contribution in [2.75, 3.05) is 0 Å². The van der Waals surface area contributed by atoms with Crippen molar-refractivity contribution in [1.82, 2.24) is 0 Å². The maximum absolute atomic E-state index is 11.0. The topological polar surface area (TPSA) is 105 Å². The van der Waals surface area contributed by atoms with E-state index in [9.17, 15) is 20.2 Å². The van der Waals surface area contributed by atoms with E-state index in [1.54, 1.807) is 26.0 Å². The van der Waals surface area contributed by atoms with Gasteiger partial charge in [-0.1, -0.05) is 12.1 Å². The molecule has 9 heteroatoms. The van der Waals surface area contributed by atoms with Crippen molar-refractivity contribution in [1.29, 1.82) is 0 Å². The Bertz CT molecular complexity index is 701. The zero-order chi connectivity index (χ0) is 17.0. The summed E-state index contributed by atoms with van der Waals surface area (Å²) in [4.78, 5) is 20.8. The number of nitrogens with zero attached hydrogens (tertiary/aromatic N) is 2. The minimum Gasteiger partial charge on any atom is -0.524 e. The summed E-state index contributed by atoms with van der Waals surface area (Å²) in [6, 6.07) is 9.00. The fourth-order valence-corrected chi connectivity index (χ4v) is 1.94. The lowest BCUT2D eigenvalue weighted by Gasteiger charge is -2.09. The van der Waals surface area contributed by atoms with Crippen LogP contribution in [0.4, 0.5) is 11.4 Å². The molecule has 0 fully saturated rings. The predicted octanol–water partition coefficient (Wildman–Crippen LogP) is 2.84. The van der Waals surface area contributed by atoms with Crippen LogP contribution in [0.5, 0.6) is 11.5 Å². The van der Waals surface area contributed by atoms with Crippen molar-refractivity contribution >= 4 is 19.1 Å². The second-order valence-corrected chi connectivity index (χ2v) is 4.86. The Morgan fingerprint density at radius 2 is 1.22 bits per heavy atom. The van der Waals surface area contributed by atoms with Crippen LogP contribution in [-0.4, -0.2) is 17.5 Å². The minimum absolute atomic E-state index is 0.0374. The van der Waals surface area contributed by atoms with Gasteiger partial charge in [0.2, 0.25) is 0 Å². The van der Waals surface area contributed by atoms with Gasteiger partial charge >= 0.3 is 19.1 Å². The Morgan fingerprint density at radius 3 is 1.57 bits per heavy atom. The lowest BCUT2D eigenvalue weighted by Crippen LogP contribution is -2.13. The lowest BCUT2D eigenvalue weighted by atomic mass is 10.2. The Labute approximate surface area is 132 Å². The first-order valence-electron chi connectivity index (χ1n) is 6.64. The Kier molecular flexibility index (Phi) is 4.80. The summed E-state index contributed by atoms with van der Waals surface area (Å²) in [6.45, 7) is 3.45. The summed E-state index contributed by atoms with van der Waals surface area (Å²) in [7, 11) is -0.381. The van der Waals surface area contributed by atoms with Gasteiger partial charge in [-0.15, -0.1) is 0 Å². The first-order chi connectivity index (χ1) is 10.9. The van der Waals surface area contributed by atoms with Gasteiger partial charge in [0.05, 0.1) is 9.85 Å². The number of nitro groups is 2. The summed E-state index contributed by atoms with van der Waals surface area (Å²) in [5, 5.41) is 22.0. The third kappa shape index (κ3) is 3.97. The van der Waals surface area contributed by atoms with Gasteiger partial charge < -0.3 is 9.31 Å². The standard InChI is InChI=1S/C14H13BN2O6/c1-9-3-5-13(11(7-9)16(18)19)22-15-23-14-6-4-10(2)8-12(14)17(20)21/h3-8,15H,1-2H3. The fraction of sp³-hybridized carbons (Fsp3) is 0.143. The second-order valence-electron chi connectivity index (χ2n) is 4.86. The van der Waals surface area contributed by atoms with Crippen LogP contribution < -0.4 is 9.31 Å².